The van der Waals surface area contributed by atoms with E-state index in [1.54, 1.807) is 12.5 Å². The normalized spacial score (nSPS) is 10.1. The minimum Gasteiger partial charge on any atom is -0.348 e. The van der Waals surface area contributed by atoms with E-state index in [9.17, 15) is 4.79 Å². The smallest absolute Gasteiger partial charge is 0.230 e. The maximum absolute atomic E-state index is 11.7. The van der Waals surface area contributed by atoms with Gasteiger partial charge in [-0.15, -0.1) is 0 Å². The predicted molar refractivity (Wildman–Crippen MR) is 65.1 cm³/mol. The van der Waals surface area contributed by atoms with E-state index in [-0.39, 0.29) is 5.91 Å². The van der Waals surface area contributed by atoms with Crippen LogP contribution in [0.4, 0.5) is 5.69 Å². The van der Waals surface area contributed by atoms with Crippen LogP contribution in [0.15, 0.2) is 41.3 Å². The number of nitrogens with one attached hydrogen (secondary N) is 2. The summed E-state index contributed by atoms with van der Waals surface area (Å²) < 4.78 is 0.868. The maximum Gasteiger partial charge on any atom is 0.230 e. The van der Waals surface area contributed by atoms with Crippen LogP contribution in [0.5, 0.6) is 0 Å². The van der Waals surface area contributed by atoms with Crippen LogP contribution in [0, 0.1) is 0 Å². The minimum absolute atomic E-state index is 0.0730. The second-order valence-corrected chi connectivity index (χ2v) is 4.14. The molecule has 4 nitrogen and oxygen atoms in total. The fraction of sp³-hybridized carbons (Fsp3) is 0.0909. The molecule has 1 heterocycles. The van der Waals surface area contributed by atoms with Gasteiger partial charge in [-0.25, -0.2) is 4.98 Å². The molecule has 1 aromatic heterocycles. The van der Waals surface area contributed by atoms with E-state index in [4.69, 9.17) is 0 Å². The van der Waals surface area contributed by atoms with Crippen LogP contribution < -0.4 is 5.32 Å². The summed E-state index contributed by atoms with van der Waals surface area (Å²) in [6.07, 6.45) is 3.49. The summed E-state index contributed by atoms with van der Waals surface area (Å²) in [4.78, 5) is 18.4. The van der Waals surface area contributed by atoms with Crippen molar-refractivity contribution in [3.05, 3.63) is 47.0 Å². The Morgan fingerprint density at radius 1 is 1.44 bits per heavy atom. The molecule has 2 rings (SSSR count). The fourth-order valence-corrected chi connectivity index (χ4v) is 1.70. The molecule has 16 heavy (non-hydrogen) atoms. The first-order valence-electron chi connectivity index (χ1n) is 4.77. The molecule has 0 atom stereocenters. The van der Waals surface area contributed by atoms with Crippen LogP contribution in [0.25, 0.3) is 0 Å². The number of rotatable bonds is 3. The number of halogens is 1. The van der Waals surface area contributed by atoms with Crippen LogP contribution in [-0.2, 0) is 11.2 Å². The molecular formula is C11H10BrN3O. The summed E-state index contributed by atoms with van der Waals surface area (Å²) in [6.45, 7) is 0. The number of aromatic nitrogens is 2. The van der Waals surface area contributed by atoms with E-state index in [1.165, 1.54) is 0 Å². The van der Waals surface area contributed by atoms with Crippen LogP contribution in [0.3, 0.4) is 0 Å². The summed E-state index contributed by atoms with van der Waals surface area (Å²) in [5.74, 6) is -0.0730. The van der Waals surface area contributed by atoms with E-state index in [0.29, 0.717) is 6.42 Å². The Kier molecular flexibility index (Phi) is 3.36. The molecule has 82 valence electrons. The average Bonchev–Trinajstić information content (AvgIpc) is 2.74. The molecule has 0 aliphatic carbocycles. The molecule has 0 saturated heterocycles. The quantitative estimate of drug-likeness (QED) is 0.906. The summed E-state index contributed by atoms with van der Waals surface area (Å²) >= 11 is 3.37. The lowest BCUT2D eigenvalue weighted by molar-refractivity contribution is -0.115. The number of para-hydroxylation sites is 1. The second-order valence-electron chi connectivity index (χ2n) is 3.28. The van der Waals surface area contributed by atoms with Crippen molar-refractivity contribution in [1.29, 1.82) is 0 Å². The van der Waals surface area contributed by atoms with Crippen molar-refractivity contribution in [2.75, 3.05) is 5.32 Å². The highest BCUT2D eigenvalue weighted by atomic mass is 79.9. The number of nitrogens with zero attached hydrogens (tertiary/aromatic N) is 1. The van der Waals surface area contributed by atoms with Gasteiger partial charge in [-0.3, -0.25) is 4.79 Å². The Hall–Kier alpha value is -1.62. The molecular weight excluding hydrogens is 270 g/mol. The molecule has 1 aromatic carbocycles. The number of imidazole rings is 1. The molecule has 0 bridgehead atoms. The lowest BCUT2D eigenvalue weighted by Gasteiger charge is -2.05. The Morgan fingerprint density at radius 2 is 2.25 bits per heavy atom. The van der Waals surface area contributed by atoms with E-state index >= 15 is 0 Å². The standard InChI is InChI=1S/C11H10BrN3O/c12-9-3-1-2-4-10(9)15-11(16)5-8-6-13-7-14-8/h1-4,6-7H,5H2,(H,13,14)(H,15,16). The zero-order valence-electron chi connectivity index (χ0n) is 8.40. The molecule has 0 unspecified atom stereocenters. The Labute approximate surface area is 101 Å². The number of anilines is 1. The van der Waals surface area contributed by atoms with Gasteiger partial charge in [-0.1, -0.05) is 12.1 Å². The monoisotopic (exact) mass is 279 g/mol. The van der Waals surface area contributed by atoms with E-state index in [2.05, 4.69) is 31.2 Å². The molecule has 2 aromatic rings. The van der Waals surface area contributed by atoms with Crippen molar-refractivity contribution in [2.24, 2.45) is 0 Å². The Balaban J connectivity index is 2.00. The number of carbonyl (C=O) groups is 1. The highest BCUT2D eigenvalue weighted by Gasteiger charge is 2.06. The first kappa shape index (κ1) is 10.9. The topological polar surface area (TPSA) is 57.8 Å². The average molecular weight is 280 g/mol. The summed E-state index contributed by atoms with van der Waals surface area (Å²) in [6, 6.07) is 7.49. The van der Waals surface area contributed by atoms with Crippen molar-refractivity contribution in [2.45, 2.75) is 6.42 Å². The van der Waals surface area contributed by atoms with Gasteiger partial charge >= 0.3 is 0 Å². The molecule has 0 radical (unpaired) electrons. The van der Waals surface area contributed by atoms with Crippen LogP contribution >= 0.6 is 15.9 Å². The molecule has 0 aliphatic heterocycles. The van der Waals surface area contributed by atoms with E-state index in [1.807, 2.05) is 24.3 Å². The van der Waals surface area contributed by atoms with Crippen molar-refractivity contribution in [3.8, 4) is 0 Å². The van der Waals surface area contributed by atoms with Crippen LogP contribution in [0.2, 0.25) is 0 Å². The zero-order chi connectivity index (χ0) is 11.4. The van der Waals surface area contributed by atoms with Crippen molar-refractivity contribution < 1.29 is 4.79 Å². The molecule has 1 amide bonds. The Bertz CT molecular complexity index is 482. The van der Waals surface area contributed by atoms with Gasteiger partial charge in [0.15, 0.2) is 0 Å². The second kappa shape index (κ2) is 4.94. The van der Waals surface area contributed by atoms with Gasteiger partial charge < -0.3 is 10.3 Å². The number of hydrogen-bond donors (Lipinski definition) is 2. The van der Waals surface area contributed by atoms with Gasteiger partial charge in [0, 0.05) is 16.4 Å². The predicted octanol–water partition coefficient (Wildman–Crippen LogP) is 2.35. The summed E-state index contributed by atoms with van der Waals surface area (Å²) in [5.41, 5.74) is 1.57. The van der Waals surface area contributed by atoms with Crippen molar-refractivity contribution in [3.63, 3.8) is 0 Å². The Morgan fingerprint density at radius 3 is 2.94 bits per heavy atom. The molecule has 5 heteroatoms. The number of aromatic amines is 1. The summed E-state index contributed by atoms with van der Waals surface area (Å²) in [5, 5.41) is 2.81. The van der Waals surface area contributed by atoms with Gasteiger partial charge in [-0.05, 0) is 28.1 Å². The van der Waals surface area contributed by atoms with Gasteiger partial charge in [0.2, 0.25) is 5.91 Å². The molecule has 0 saturated carbocycles. The zero-order valence-corrected chi connectivity index (χ0v) is 9.99. The fourth-order valence-electron chi connectivity index (χ4n) is 1.31. The number of H-pyrrole nitrogens is 1. The minimum atomic E-state index is -0.0730. The third kappa shape index (κ3) is 2.70. The lowest BCUT2D eigenvalue weighted by Crippen LogP contribution is -2.14. The van der Waals surface area contributed by atoms with E-state index in [0.717, 1.165) is 15.9 Å². The highest BCUT2D eigenvalue weighted by molar-refractivity contribution is 9.10. The third-order valence-electron chi connectivity index (χ3n) is 2.05. The van der Waals surface area contributed by atoms with Crippen LogP contribution in [-0.4, -0.2) is 15.9 Å². The first-order valence-corrected chi connectivity index (χ1v) is 5.56. The molecule has 0 fully saturated rings. The SMILES string of the molecule is O=C(Cc1cnc[nH]1)Nc1ccccc1Br. The number of benzene rings is 1. The maximum atomic E-state index is 11.7. The van der Waals surface area contributed by atoms with Crippen molar-refractivity contribution in [1.82, 2.24) is 9.97 Å². The molecule has 0 aliphatic rings. The third-order valence-corrected chi connectivity index (χ3v) is 2.75. The molecule has 0 spiro atoms. The number of carbonyl (C=O) groups excluding carboxylic acids is 1. The lowest BCUT2D eigenvalue weighted by atomic mass is 10.3. The number of hydrogen-bond acceptors (Lipinski definition) is 2. The summed E-state index contributed by atoms with van der Waals surface area (Å²) in [7, 11) is 0. The van der Waals surface area contributed by atoms with Gasteiger partial charge in [0.1, 0.15) is 0 Å². The highest BCUT2D eigenvalue weighted by Crippen LogP contribution is 2.21. The van der Waals surface area contributed by atoms with E-state index < -0.39 is 0 Å². The largest absolute Gasteiger partial charge is 0.348 e. The number of amides is 1. The first-order chi connectivity index (χ1) is 7.75. The van der Waals surface area contributed by atoms with Crippen molar-refractivity contribution >= 4 is 27.5 Å². The van der Waals surface area contributed by atoms with Crippen LogP contribution in [0.1, 0.15) is 5.69 Å². The van der Waals surface area contributed by atoms with Gasteiger partial charge in [-0.2, -0.15) is 0 Å². The van der Waals surface area contributed by atoms with Gasteiger partial charge in [0.05, 0.1) is 18.4 Å². The molecule has 2 N–H and O–H groups in total. The van der Waals surface area contributed by atoms with Gasteiger partial charge in [0.25, 0.3) is 0 Å².